The number of carbonyl (C=O) groups is 2. The van der Waals surface area contributed by atoms with Crippen molar-refractivity contribution in [1.29, 1.82) is 0 Å². The molecule has 0 unspecified atom stereocenters. The van der Waals surface area contributed by atoms with Crippen LogP contribution in [0.15, 0.2) is 12.3 Å². The van der Waals surface area contributed by atoms with Crippen molar-refractivity contribution in [3.63, 3.8) is 0 Å². The van der Waals surface area contributed by atoms with Gasteiger partial charge >= 0.3 is 12.1 Å². The Morgan fingerprint density at radius 2 is 1.67 bits per heavy atom. The summed E-state index contributed by atoms with van der Waals surface area (Å²) in [7, 11) is 1.44. The maximum atomic E-state index is 11.6. The van der Waals surface area contributed by atoms with Gasteiger partial charge in [0.1, 0.15) is 6.54 Å². The van der Waals surface area contributed by atoms with E-state index in [-0.39, 0.29) is 11.6 Å². The highest BCUT2D eigenvalue weighted by Gasteiger charge is 2.13. The number of rotatable bonds is 17. The molecule has 0 spiro atoms. The fraction of sp³-hybridized carbons (Fsp3) is 0.682. The maximum Gasteiger partial charge on any atom is 0.414 e. The molecule has 0 atom stereocenters. The topological polar surface area (TPSA) is 107 Å². The number of carboxylic acid groups (broad SMARTS) is 1. The highest BCUT2D eigenvalue weighted by atomic mass is 16.6. The molecule has 1 aromatic heterocycles. The van der Waals surface area contributed by atoms with E-state index in [2.05, 4.69) is 17.2 Å². The SMILES string of the molecule is CCCCCCCCCCCCOCc1cnc(OC(=O)NCC(=O)O)c(OC)c1. The summed E-state index contributed by atoms with van der Waals surface area (Å²) in [4.78, 5) is 26.1. The van der Waals surface area contributed by atoms with Crippen LogP contribution in [0.5, 0.6) is 11.6 Å². The zero-order valence-electron chi connectivity index (χ0n) is 18.3. The number of unbranched alkanes of at least 4 members (excludes halogenated alkanes) is 9. The summed E-state index contributed by atoms with van der Waals surface area (Å²) in [5, 5.41) is 10.6. The number of nitrogens with zero attached hydrogens (tertiary/aromatic N) is 1. The summed E-state index contributed by atoms with van der Waals surface area (Å²) >= 11 is 0. The molecule has 170 valence electrons. The van der Waals surface area contributed by atoms with Crippen molar-refractivity contribution in [2.75, 3.05) is 20.3 Å². The number of carbonyl (C=O) groups excluding carboxylic acids is 1. The number of pyridine rings is 1. The molecule has 0 aliphatic heterocycles. The molecule has 30 heavy (non-hydrogen) atoms. The Bertz CT molecular complexity index is 624. The lowest BCUT2D eigenvalue weighted by molar-refractivity contribution is -0.135. The van der Waals surface area contributed by atoms with E-state index in [9.17, 15) is 9.59 Å². The Labute approximate surface area is 179 Å². The van der Waals surface area contributed by atoms with E-state index < -0.39 is 18.6 Å². The second kappa shape index (κ2) is 16.4. The van der Waals surface area contributed by atoms with E-state index in [1.807, 2.05) is 0 Å². The van der Waals surface area contributed by atoms with Crippen LogP contribution >= 0.6 is 0 Å². The molecule has 0 aliphatic rings. The Hall–Kier alpha value is -2.35. The van der Waals surface area contributed by atoms with E-state index >= 15 is 0 Å². The number of nitrogens with one attached hydrogen (secondary N) is 1. The number of methoxy groups -OCH3 is 1. The number of aliphatic carboxylic acids is 1. The first kappa shape index (κ1) is 25.7. The van der Waals surface area contributed by atoms with Gasteiger partial charge in [-0.2, -0.15) is 0 Å². The number of hydrogen-bond donors (Lipinski definition) is 2. The molecule has 1 aromatic rings. The first-order valence-electron chi connectivity index (χ1n) is 10.8. The largest absolute Gasteiger partial charge is 0.491 e. The predicted octanol–water partition coefficient (Wildman–Crippen LogP) is 4.70. The molecule has 1 heterocycles. The summed E-state index contributed by atoms with van der Waals surface area (Å²) < 4.78 is 15.9. The Morgan fingerprint density at radius 1 is 1.03 bits per heavy atom. The molecule has 1 amide bonds. The number of amides is 1. The van der Waals surface area contributed by atoms with Crippen LogP contribution in [0, 0.1) is 0 Å². The van der Waals surface area contributed by atoms with Gasteiger partial charge in [0.25, 0.3) is 5.88 Å². The highest BCUT2D eigenvalue weighted by Crippen LogP contribution is 2.25. The maximum absolute atomic E-state index is 11.6. The average molecular weight is 425 g/mol. The molecule has 0 aliphatic carbocycles. The van der Waals surface area contributed by atoms with Crippen molar-refractivity contribution < 1.29 is 28.9 Å². The molecule has 0 saturated heterocycles. The summed E-state index contributed by atoms with van der Waals surface area (Å²) in [6.07, 6.45) is 13.5. The molecule has 0 fully saturated rings. The van der Waals surface area contributed by atoms with E-state index in [4.69, 9.17) is 19.3 Å². The fourth-order valence-electron chi connectivity index (χ4n) is 2.93. The van der Waals surface area contributed by atoms with Gasteiger partial charge in [-0.25, -0.2) is 9.78 Å². The Kier molecular flexibility index (Phi) is 14.1. The third-order valence-corrected chi connectivity index (χ3v) is 4.58. The van der Waals surface area contributed by atoms with Crippen LogP contribution in [0.25, 0.3) is 0 Å². The van der Waals surface area contributed by atoms with Gasteiger partial charge in [0.15, 0.2) is 5.75 Å². The van der Waals surface area contributed by atoms with Gasteiger partial charge < -0.3 is 24.6 Å². The molecular weight excluding hydrogens is 388 g/mol. The third kappa shape index (κ3) is 12.3. The van der Waals surface area contributed by atoms with Crippen LogP contribution in [0.3, 0.4) is 0 Å². The minimum atomic E-state index is -1.17. The first-order chi connectivity index (χ1) is 14.6. The van der Waals surface area contributed by atoms with Crippen molar-refractivity contribution >= 4 is 12.1 Å². The lowest BCUT2D eigenvalue weighted by Gasteiger charge is -2.10. The van der Waals surface area contributed by atoms with Crippen molar-refractivity contribution in [3.8, 4) is 11.6 Å². The average Bonchev–Trinajstić information content (AvgIpc) is 2.73. The van der Waals surface area contributed by atoms with Gasteiger partial charge in [-0.15, -0.1) is 0 Å². The molecule has 0 radical (unpaired) electrons. The zero-order chi connectivity index (χ0) is 22.0. The molecule has 8 nitrogen and oxygen atoms in total. The van der Waals surface area contributed by atoms with Crippen molar-refractivity contribution in [2.24, 2.45) is 0 Å². The van der Waals surface area contributed by atoms with Crippen LogP contribution in [-0.2, 0) is 16.1 Å². The molecular formula is C22H36N2O6. The smallest absolute Gasteiger partial charge is 0.414 e. The fourth-order valence-corrected chi connectivity index (χ4v) is 2.93. The monoisotopic (exact) mass is 424 g/mol. The predicted molar refractivity (Wildman–Crippen MR) is 114 cm³/mol. The van der Waals surface area contributed by atoms with Crippen LogP contribution in [0.2, 0.25) is 0 Å². The standard InChI is InChI=1S/C22H36N2O6/c1-3-4-5-6-7-8-9-10-11-12-13-29-17-18-14-19(28-2)21(23-15-18)30-22(27)24-16-20(25)26/h14-15H,3-13,16-17H2,1-2H3,(H,24,27)(H,25,26). The van der Waals surface area contributed by atoms with Crippen LogP contribution in [-0.4, -0.2) is 42.4 Å². The molecule has 8 heteroatoms. The summed E-state index contributed by atoms with van der Waals surface area (Å²) in [6, 6.07) is 1.69. The molecule has 0 aromatic carbocycles. The summed E-state index contributed by atoms with van der Waals surface area (Å²) in [5.41, 5.74) is 0.803. The van der Waals surface area contributed by atoms with Gasteiger partial charge in [-0.1, -0.05) is 64.7 Å². The van der Waals surface area contributed by atoms with E-state index in [1.165, 1.54) is 64.9 Å². The normalized spacial score (nSPS) is 10.6. The molecule has 0 bridgehead atoms. The van der Waals surface area contributed by atoms with Crippen LogP contribution < -0.4 is 14.8 Å². The summed E-state index contributed by atoms with van der Waals surface area (Å²) in [5.74, 6) is -0.916. The van der Waals surface area contributed by atoms with Gasteiger partial charge in [0, 0.05) is 12.8 Å². The van der Waals surface area contributed by atoms with E-state index in [1.54, 1.807) is 12.3 Å². The van der Waals surface area contributed by atoms with Crippen LogP contribution in [0.4, 0.5) is 4.79 Å². The number of carboxylic acids is 1. The molecule has 1 rings (SSSR count). The Morgan fingerprint density at radius 3 is 2.27 bits per heavy atom. The van der Waals surface area contributed by atoms with E-state index in [0.717, 1.165) is 12.0 Å². The minimum absolute atomic E-state index is 0.0289. The van der Waals surface area contributed by atoms with Gasteiger partial charge in [-0.3, -0.25) is 4.79 Å². The van der Waals surface area contributed by atoms with Crippen molar-refractivity contribution in [3.05, 3.63) is 17.8 Å². The molecule has 2 N–H and O–H groups in total. The highest BCUT2D eigenvalue weighted by molar-refractivity contribution is 5.77. The van der Waals surface area contributed by atoms with Gasteiger partial charge in [0.2, 0.25) is 0 Å². The Balaban J connectivity index is 2.19. The molecule has 0 saturated carbocycles. The second-order valence-electron chi connectivity index (χ2n) is 7.22. The third-order valence-electron chi connectivity index (χ3n) is 4.58. The quantitative estimate of drug-likeness (QED) is 0.349. The van der Waals surface area contributed by atoms with E-state index in [0.29, 0.717) is 13.2 Å². The van der Waals surface area contributed by atoms with Crippen molar-refractivity contribution in [1.82, 2.24) is 10.3 Å². The van der Waals surface area contributed by atoms with Gasteiger partial charge in [-0.05, 0) is 18.1 Å². The lowest BCUT2D eigenvalue weighted by Crippen LogP contribution is -2.32. The number of ether oxygens (including phenoxy) is 3. The van der Waals surface area contributed by atoms with Crippen LogP contribution in [0.1, 0.15) is 76.7 Å². The summed E-state index contributed by atoms with van der Waals surface area (Å²) in [6.45, 7) is 2.79. The lowest BCUT2D eigenvalue weighted by atomic mass is 10.1. The number of hydrogen-bond acceptors (Lipinski definition) is 6. The van der Waals surface area contributed by atoms with Gasteiger partial charge in [0.05, 0.1) is 13.7 Å². The van der Waals surface area contributed by atoms with Crippen molar-refractivity contribution in [2.45, 2.75) is 77.7 Å². The minimum Gasteiger partial charge on any atom is -0.491 e. The second-order valence-corrected chi connectivity index (χ2v) is 7.22. The number of aromatic nitrogens is 1. The first-order valence-corrected chi connectivity index (χ1v) is 10.8. The zero-order valence-corrected chi connectivity index (χ0v) is 18.3.